The zero-order valence-corrected chi connectivity index (χ0v) is 16.9. The normalized spacial score (nSPS) is 20.0. The molecule has 4 rings (SSSR count). The van der Waals surface area contributed by atoms with Gasteiger partial charge < -0.3 is 9.64 Å². The highest BCUT2D eigenvalue weighted by molar-refractivity contribution is 6.30. The number of hydrogen-bond acceptors (Lipinski definition) is 3. The second-order valence-corrected chi connectivity index (χ2v) is 8.17. The summed E-state index contributed by atoms with van der Waals surface area (Å²) in [6.45, 7) is 4.36. The van der Waals surface area contributed by atoms with Crippen molar-refractivity contribution < 1.29 is 9.53 Å². The average molecular weight is 397 g/mol. The fraction of sp³-hybridized carbons (Fsp3) is 0.391. The summed E-state index contributed by atoms with van der Waals surface area (Å²) < 4.78 is 5.62. The summed E-state index contributed by atoms with van der Waals surface area (Å²) in [5.41, 5.74) is 3.10. The van der Waals surface area contributed by atoms with Crippen molar-refractivity contribution in [2.24, 2.45) is 10.9 Å². The molecule has 2 aliphatic heterocycles. The van der Waals surface area contributed by atoms with Gasteiger partial charge in [-0.2, -0.15) is 0 Å². The Morgan fingerprint density at radius 2 is 1.79 bits per heavy atom. The lowest BCUT2D eigenvalue weighted by molar-refractivity contribution is 0.0690. The van der Waals surface area contributed by atoms with Crippen LogP contribution in [-0.4, -0.2) is 42.4 Å². The van der Waals surface area contributed by atoms with Gasteiger partial charge in [0.1, 0.15) is 6.61 Å². The molecule has 0 radical (unpaired) electrons. The van der Waals surface area contributed by atoms with E-state index in [4.69, 9.17) is 16.3 Å². The first-order valence-electron chi connectivity index (χ1n) is 9.93. The first kappa shape index (κ1) is 19.0. The Hall–Kier alpha value is -2.33. The van der Waals surface area contributed by atoms with Crippen molar-refractivity contribution >= 4 is 23.4 Å². The lowest BCUT2D eigenvalue weighted by atomic mass is 9.89. The number of piperidine rings is 1. The molecule has 1 unspecified atom stereocenters. The summed E-state index contributed by atoms with van der Waals surface area (Å²) in [6, 6.07) is 16.0. The topological polar surface area (TPSA) is 41.9 Å². The third kappa shape index (κ3) is 4.39. The molecular formula is C23H25ClN2O2. The van der Waals surface area contributed by atoms with Crippen molar-refractivity contribution in [3.8, 4) is 0 Å². The van der Waals surface area contributed by atoms with Crippen molar-refractivity contribution in [3.05, 3.63) is 70.2 Å². The highest BCUT2D eigenvalue weighted by atomic mass is 35.5. The molecule has 0 spiro atoms. The molecule has 2 heterocycles. The fourth-order valence-corrected chi connectivity index (χ4v) is 3.99. The van der Waals surface area contributed by atoms with Crippen LogP contribution in [0.3, 0.4) is 0 Å². The van der Waals surface area contributed by atoms with Crippen molar-refractivity contribution in [2.75, 3.05) is 19.7 Å². The molecule has 28 heavy (non-hydrogen) atoms. The van der Waals surface area contributed by atoms with E-state index in [2.05, 4.69) is 36.2 Å². The van der Waals surface area contributed by atoms with Gasteiger partial charge in [0.05, 0.1) is 6.04 Å². The third-order valence-corrected chi connectivity index (χ3v) is 5.77. The third-order valence-electron chi connectivity index (χ3n) is 5.52. The number of carbonyl (C=O) groups excluding carboxylic acids is 1. The molecule has 1 amide bonds. The van der Waals surface area contributed by atoms with E-state index in [1.165, 1.54) is 5.56 Å². The van der Waals surface area contributed by atoms with Gasteiger partial charge >= 0.3 is 0 Å². The molecule has 146 valence electrons. The number of halogens is 1. The number of hydrogen-bond donors (Lipinski definition) is 0. The highest BCUT2D eigenvalue weighted by Crippen LogP contribution is 2.24. The lowest BCUT2D eigenvalue weighted by Gasteiger charge is -2.32. The minimum absolute atomic E-state index is 0.103. The van der Waals surface area contributed by atoms with Crippen molar-refractivity contribution in [2.45, 2.75) is 32.2 Å². The molecule has 1 saturated heterocycles. The molecule has 1 fully saturated rings. The zero-order valence-electron chi connectivity index (χ0n) is 16.1. The Labute approximate surface area is 171 Å². The summed E-state index contributed by atoms with van der Waals surface area (Å²) in [4.78, 5) is 19.1. The smallest absolute Gasteiger partial charge is 0.253 e. The van der Waals surface area contributed by atoms with Gasteiger partial charge in [-0.15, -0.1) is 0 Å². The van der Waals surface area contributed by atoms with E-state index in [9.17, 15) is 4.79 Å². The molecule has 1 atom stereocenters. The van der Waals surface area contributed by atoms with Crippen LogP contribution in [0.5, 0.6) is 0 Å². The van der Waals surface area contributed by atoms with Crippen molar-refractivity contribution in [1.82, 2.24) is 4.90 Å². The van der Waals surface area contributed by atoms with Crippen molar-refractivity contribution in [3.63, 3.8) is 0 Å². The standard InChI is InChI=1S/C23H25ClN2O2/c1-16-15-28-22(25-16)19-4-2-17(3-5-19)14-18-10-12-26(13-11-18)23(27)20-6-8-21(24)9-7-20/h2-9,16,18H,10-15H2,1H3. The molecule has 5 heteroatoms. The Kier molecular flexibility index (Phi) is 5.67. The van der Waals surface area contributed by atoms with Crippen LogP contribution in [0.2, 0.25) is 5.02 Å². The molecule has 2 aromatic rings. The van der Waals surface area contributed by atoms with Crippen molar-refractivity contribution in [1.29, 1.82) is 0 Å². The molecule has 2 aliphatic rings. The van der Waals surface area contributed by atoms with Crippen LogP contribution in [0, 0.1) is 5.92 Å². The van der Waals surface area contributed by atoms with Crippen LogP contribution >= 0.6 is 11.6 Å². The average Bonchev–Trinajstić information content (AvgIpc) is 3.15. The Bertz CT molecular complexity index is 853. The monoisotopic (exact) mass is 396 g/mol. The number of likely N-dealkylation sites (tertiary alicyclic amines) is 1. The maximum absolute atomic E-state index is 12.6. The summed E-state index contributed by atoms with van der Waals surface area (Å²) in [5.74, 6) is 1.47. The second-order valence-electron chi connectivity index (χ2n) is 7.74. The van der Waals surface area contributed by atoms with E-state index in [1.54, 1.807) is 24.3 Å². The number of aliphatic imine (C=N–C) groups is 1. The number of ether oxygens (including phenoxy) is 1. The molecule has 0 bridgehead atoms. The summed E-state index contributed by atoms with van der Waals surface area (Å²) in [7, 11) is 0. The van der Waals surface area contributed by atoms with Gasteiger partial charge in [0, 0.05) is 29.2 Å². The molecule has 4 nitrogen and oxygen atoms in total. The number of benzene rings is 2. The Morgan fingerprint density at radius 1 is 1.11 bits per heavy atom. The minimum atomic E-state index is 0.103. The maximum Gasteiger partial charge on any atom is 0.253 e. The molecule has 2 aromatic carbocycles. The summed E-state index contributed by atoms with van der Waals surface area (Å²) >= 11 is 5.91. The molecule has 0 aliphatic carbocycles. The van der Waals surface area contributed by atoms with Crippen LogP contribution in [0.1, 0.15) is 41.3 Å². The molecule has 0 saturated carbocycles. The Balaban J connectivity index is 1.30. The van der Waals surface area contributed by atoms with E-state index in [0.717, 1.165) is 43.8 Å². The SMILES string of the molecule is CC1COC(c2ccc(CC3CCN(C(=O)c4ccc(Cl)cc4)CC3)cc2)=N1. The quantitative estimate of drug-likeness (QED) is 0.757. The van der Waals surface area contributed by atoms with Gasteiger partial charge in [-0.3, -0.25) is 4.79 Å². The summed E-state index contributed by atoms with van der Waals surface area (Å²) in [6.07, 6.45) is 3.12. The van der Waals surface area contributed by atoms with Gasteiger partial charge in [-0.25, -0.2) is 4.99 Å². The number of nitrogens with zero attached hydrogens (tertiary/aromatic N) is 2. The molecular weight excluding hydrogens is 372 g/mol. The first-order chi connectivity index (χ1) is 13.6. The van der Waals surface area contributed by atoms with E-state index in [0.29, 0.717) is 23.1 Å². The zero-order chi connectivity index (χ0) is 19.5. The summed E-state index contributed by atoms with van der Waals surface area (Å²) in [5, 5.41) is 0.655. The van der Waals surface area contributed by atoms with Crippen LogP contribution in [0.15, 0.2) is 53.5 Å². The van der Waals surface area contributed by atoms with Gasteiger partial charge in [0.2, 0.25) is 5.90 Å². The minimum Gasteiger partial charge on any atom is -0.475 e. The van der Waals surface area contributed by atoms with E-state index in [-0.39, 0.29) is 11.9 Å². The van der Waals surface area contributed by atoms with Gasteiger partial charge in [-0.1, -0.05) is 23.7 Å². The number of amides is 1. The lowest BCUT2D eigenvalue weighted by Crippen LogP contribution is -2.38. The maximum atomic E-state index is 12.6. The fourth-order valence-electron chi connectivity index (χ4n) is 3.86. The van der Waals surface area contributed by atoms with Gasteiger partial charge in [0.15, 0.2) is 0 Å². The van der Waals surface area contributed by atoms with E-state index >= 15 is 0 Å². The van der Waals surface area contributed by atoms with Crippen LogP contribution < -0.4 is 0 Å². The van der Waals surface area contributed by atoms with E-state index < -0.39 is 0 Å². The van der Waals surface area contributed by atoms with E-state index in [1.807, 2.05) is 4.90 Å². The predicted octanol–water partition coefficient (Wildman–Crippen LogP) is 4.60. The molecule has 0 N–H and O–H groups in total. The van der Waals surface area contributed by atoms with Crippen LogP contribution in [0.25, 0.3) is 0 Å². The number of carbonyl (C=O) groups is 1. The predicted molar refractivity (Wildman–Crippen MR) is 112 cm³/mol. The van der Waals surface area contributed by atoms with Crippen LogP contribution in [-0.2, 0) is 11.2 Å². The number of rotatable bonds is 4. The van der Waals surface area contributed by atoms with Gasteiger partial charge in [-0.05, 0) is 74.1 Å². The second kappa shape index (κ2) is 8.36. The Morgan fingerprint density at radius 3 is 2.39 bits per heavy atom. The first-order valence-corrected chi connectivity index (χ1v) is 10.3. The highest BCUT2D eigenvalue weighted by Gasteiger charge is 2.24. The van der Waals surface area contributed by atoms with Crippen LogP contribution in [0.4, 0.5) is 0 Å². The molecule has 0 aromatic heterocycles. The largest absolute Gasteiger partial charge is 0.475 e. The van der Waals surface area contributed by atoms with Gasteiger partial charge in [0.25, 0.3) is 5.91 Å².